The lowest BCUT2D eigenvalue weighted by molar-refractivity contribution is -0.130. The summed E-state index contributed by atoms with van der Waals surface area (Å²) in [6.07, 6.45) is 6.19. The Balaban J connectivity index is 1.10. The van der Waals surface area contributed by atoms with Gasteiger partial charge in [-0.05, 0) is 50.3 Å². The summed E-state index contributed by atoms with van der Waals surface area (Å²) in [6, 6.07) is 8.59. The zero-order chi connectivity index (χ0) is 22.8. The standard InChI is InChI=1S/C26H33N5O2/c1-19-23(26(33)30-12-4-5-13-30)15-27-25(28-19)22-10-14-31(18-22)24(32)9-6-11-29-16-20-7-2-3-8-21(20)17-29/h2-3,7-8,15,22H,4-6,9-14,16-18H2,1H3. The van der Waals surface area contributed by atoms with Crippen LogP contribution >= 0.6 is 0 Å². The Kier molecular flexibility index (Phi) is 6.40. The number of hydrogen-bond acceptors (Lipinski definition) is 5. The average molecular weight is 448 g/mol. The molecule has 174 valence electrons. The molecule has 0 N–H and O–H groups in total. The number of carbonyl (C=O) groups excluding carboxylic acids is 2. The highest BCUT2D eigenvalue weighted by Crippen LogP contribution is 2.27. The van der Waals surface area contributed by atoms with E-state index >= 15 is 0 Å². The lowest BCUT2D eigenvalue weighted by atomic mass is 10.1. The van der Waals surface area contributed by atoms with E-state index in [0.717, 1.165) is 76.5 Å². The Bertz CT molecular complexity index is 1010. The lowest BCUT2D eigenvalue weighted by Crippen LogP contribution is -2.30. The highest BCUT2D eigenvalue weighted by molar-refractivity contribution is 5.95. The van der Waals surface area contributed by atoms with Crippen LogP contribution in [0.4, 0.5) is 0 Å². The van der Waals surface area contributed by atoms with E-state index in [1.165, 1.54) is 11.1 Å². The minimum absolute atomic E-state index is 0.0425. The molecule has 2 amide bonds. The molecule has 1 atom stereocenters. The largest absolute Gasteiger partial charge is 0.342 e. The van der Waals surface area contributed by atoms with Crippen LogP contribution in [0.5, 0.6) is 0 Å². The second kappa shape index (κ2) is 9.59. The van der Waals surface area contributed by atoms with Crippen molar-refractivity contribution in [1.29, 1.82) is 0 Å². The lowest BCUT2D eigenvalue weighted by Gasteiger charge is -2.19. The van der Waals surface area contributed by atoms with Crippen molar-refractivity contribution in [3.63, 3.8) is 0 Å². The molecule has 0 radical (unpaired) electrons. The van der Waals surface area contributed by atoms with Crippen molar-refractivity contribution in [2.24, 2.45) is 0 Å². The Morgan fingerprint density at radius 3 is 2.45 bits per heavy atom. The number of carbonyl (C=O) groups is 2. The minimum Gasteiger partial charge on any atom is -0.342 e. The van der Waals surface area contributed by atoms with Crippen molar-refractivity contribution >= 4 is 11.8 Å². The Morgan fingerprint density at radius 1 is 1.03 bits per heavy atom. The van der Waals surface area contributed by atoms with Crippen LogP contribution in [0.15, 0.2) is 30.5 Å². The molecule has 2 saturated heterocycles. The third-order valence-electron chi connectivity index (χ3n) is 7.30. The summed E-state index contributed by atoms with van der Waals surface area (Å²) < 4.78 is 0. The summed E-state index contributed by atoms with van der Waals surface area (Å²) in [4.78, 5) is 41.0. The molecule has 1 unspecified atom stereocenters. The van der Waals surface area contributed by atoms with Crippen LogP contribution < -0.4 is 0 Å². The third kappa shape index (κ3) is 4.78. The maximum Gasteiger partial charge on any atom is 0.257 e. The molecule has 0 aliphatic carbocycles. The van der Waals surface area contributed by atoms with Crippen molar-refractivity contribution in [3.8, 4) is 0 Å². The van der Waals surface area contributed by atoms with E-state index in [2.05, 4.69) is 39.1 Å². The van der Waals surface area contributed by atoms with Gasteiger partial charge in [0.2, 0.25) is 5.91 Å². The molecule has 2 fully saturated rings. The maximum absolute atomic E-state index is 12.8. The fourth-order valence-corrected chi connectivity index (χ4v) is 5.35. The van der Waals surface area contributed by atoms with Gasteiger partial charge in [-0.25, -0.2) is 9.97 Å². The van der Waals surface area contributed by atoms with Crippen LogP contribution in [0.1, 0.15) is 71.0 Å². The van der Waals surface area contributed by atoms with Gasteiger partial charge in [-0.1, -0.05) is 24.3 Å². The normalized spacial score (nSPS) is 20.5. The van der Waals surface area contributed by atoms with E-state index < -0.39 is 0 Å². The first-order chi connectivity index (χ1) is 16.1. The molecular formula is C26H33N5O2. The van der Waals surface area contributed by atoms with E-state index in [-0.39, 0.29) is 17.7 Å². The molecule has 0 spiro atoms. The average Bonchev–Trinajstić information content (AvgIpc) is 3.59. The van der Waals surface area contributed by atoms with Crippen LogP contribution in [0, 0.1) is 6.92 Å². The summed E-state index contributed by atoms with van der Waals surface area (Å²) >= 11 is 0. The van der Waals surface area contributed by atoms with Gasteiger partial charge >= 0.3 is 0 Å². The number of aromatic nitrogens is 2. The Labute approximate surface area is 195 Å². The molecule has 4 heterocycles. The van der Waals surface area contributed by atoms with Crippen LogP contribution in [-0.2, 0) is 17.9 Å². The molecule has 7 heteroatoms. The minimum atomic E-state index is 0.0425. The first kappa shape index (κ1) is 22.0. The molecular weight excluding hydrogens is 414 g/mol. The van der Waals surface area contributed by atoms with E-state index in [0.29, 0.717) is 18.5 Å². The molecule has 33 heavy (non-hydrogen) atoms. The molecule has 7 nitrogen and oxygen atoms in total. The fraction of sp³-hybridized carbons (Fsp3) is 0.538. The van der Waals surface area contributed by atoms with Crippen molar-refractivity contribution in [1.82, 2.24) is 24.7 Å². The fourth-order valence-electron chi connectivity index (χ4n) is 5.35. The van der Waals surface area contributed by atoms with E-state index in [4.69, 9.17) is 0 Å². The number of hydrogen-bond donors (Lipinski definition) is 0. The Morgan fingerprint density at radius 2 is 1.76 bits per heavy atom. The highest BCUT2D eigenvalue weighted by atomic mass is 16.2. The quantitative estimate of drug-likeness (QED) is 0.681. The second-order valence-electron chi connectivity index (χ2n) is 9.63. The first-order valence-electron chi connectivity index (χ1n) is 12.3. The van der Waals surface area contributed by atoms with Gasteiger partial charge in [-0.3, -0.25) is 14.5 Å². The summed E-state index contributed by atoms with van der Waals surface area (Å²) in [7, 11) is 0. The van der Waals surface area contributed by atoms with Gasteiger partial charge in [0.25, 0.3) is 5.91 Å². The van der Waals surface area contributed by atoms with Crippen molar-refractivity contribution in [2.75, 3.05) is 32.7 Å². The predicted molar refractivity (Wildman–Crippen MR) is 126 cm³/mol. The molecule has 3 aliphatic rings. The van der Waals surface area contributed by atoms with Crippen molar-refractivity contribution in [2.45, 2.75) is 58.0 Å². The van der Waals surface area contributed by atoms with Gasteiger partial charge in [-0.15, -0.1) is 0 Å². The van der Waals surface area contributed by atoms with E-state index in [9.17, 15) is 9.59 Å². The smallest absolute Gasteiger partial charge is 0.257 e. The summed E-state index contributed by atoms with van der Waals surface area (Å²) in [5.74, 6) is 1.18. The highest BCUT2D eigenvalue weighted by Gasteiger charge is 2.30. The van der Waals surface area contributed by atoms with Crippen LogP contribution in [-0.4, -0.2) is 69.2 Å². The van der Waals surface area contributed by atoms with E-state index in [1.807, 2.05) is 16.7 Å². The van der Waals surface area contributed by atoms with Crippen molar-refractivity contribution in [3.05, 3.63) is 58.7 Å². The number of rotatable bonds is 6. The monoisotopic (exact) mass is 447 g/mol. The predicted octanol–water partition coefficient (Wildman–Crippen LogP) is 3.13. The Hall–Kier alpha value is -2.80. The summed E-state index contributed by atoms with van der Waals surface area (Å²) in [6.45, 7) is 7.90. The molecule has 1 aromatic heterocycles. The first-order valence-corrected chi connectivity index (χ1v) is 12.3. The molecule has 5 rings (SSSR count). The van der Waals surface area contributed by atoms with Gasteiger partial charge in [0.05, 0.1) is 11.3 Å². The zero-order valence-electron chi connectivity index (χ0n) is 19.5. The number of amides is 2. The number of nitrogens with zero attached hydrogens (tertiary/aromatic N) is 5. The number of benzene rings is 1. The maximum atomic E-state index is 12.8. The second-order valence-corrected chi connectivity index (χ2v) is 9.63. The van der Waals surface area contributed by atoms with Crippen molar-refractivity contribution < 1.29 is 9.59 Å². The molecule has 2 aromatic rings. The van der Waals surface area contributed by atoms with E-state index in [1.54, 1.807) is 6.20 Å². The molecule has 3 aliphatic heterocycles. The number of likely N-dealkylation sites (tertiary alicyclic amines) is 2. The van der Waals surface area contributed by atoms with Gasteiger partial charge in [0.1, 0.15) is 5.82 Å². The van der Waals surface area contributed by atoms with Gasteiger partial charge < -0.3 is 9.80 Å². The van der Waals surface area contributed by atoms with Gasteiger partial charge in [-0.2, -0.15) is 0 Å². The summed E-state index contributed by atoms with van der Waals surface area (Å²) in [5, 5.41) is 0. The van der Waals surface area contributed by atoms with Crippen LogP contribution in [0.3, 0.4) is 0 Å². The van der Waals surface area contributed by atoms with Crippen LogP contribution in [0.2, 0.25) is 0 Å². The van der Waals surface area contributed by atoms with Gasteiger partial charge in [0, 0.05) is 57.8 Å². The number of fused-ring (bicyclic) bond motifs is 1. The SMILES string of the molecule is Cc1nc(C2CCN(C(=O)CCCN3Cc4ccccc4C3)C2)ncc1C(=O)N1CCCC1. The molecule has 1 aromatic carbocycles. The zero-order valence-corrected chi connectivity index (χ0v) is 19.5. The van der Waals surface area contributed by atoms with Crippen LogP contribution in [0.25, 0.3) is 0 Å². The molecule has 0 bridgehead atoms. The topological polar surface area (TPSA) is 69.6 Å². The number of aryl methyl sites for hydroxylation is 1. The third-order valence-corrected chi connectivity index (χ3v) is 7.30. The molecule has 0 saturated carbocycles. The summed E-state index contributed by atoms with van der Waals surface area (Å²) in [5.41, 5.74) is 4.17. The van der Waals surface area contributed by atoms with Gasteiger partial charge in [0.15, 0.2) is 0 Å².